The van der Waals surface area contributed by atoms with Crippen LogP contribution in [0.15, 0.2) is 12.1 Å². The van der Waals surface area contributed by atoms with Crippen molar-refractivity contribution in [3.05, 3.63) is 21.3 Å². The summed E-state index contributed by atoms with van der Waals surface area (Å²) >= 11 is 7.19. The second-order valence-corrected chi connectivity index (χ2v) is 5.15. The maximum Gasteiger partial charge on any atom is 0.0931 e. The first kappa shape index (κ1) is 11.0. The maximum absolute atomic E-state index is 9.70. The lowest BCUT2D eigenvalue weighted by atomic mass is 9.99. The third kappa shape index (κ3) is 2.68. The monoisotopic (exact) mass is 219 g/mol. The van der Waals surface area contributed by atoms with Crippen LogP contribution in [0.5, 0.6) is 0 Å². The first-order valence-corrected chi connectivity index (χ1v) is 5.40. The summed E-state index contributed by atoms with van der Waals surface area (Å²) < 4.78 is 0.710. The highest BCUT2D eigenvalue weighted by Gasteiger charge is 2.21. The SMILES string of the molecule is CC(C)[C@@H](O)[C@@H](N)c1ccc(Cl)s1. The van der Waals surface area contributed by atoms with E-state index in [-0.39, 0.29) is 12.0 Å². The normalized spacial score (nSPS) is 16.2. The predicted octanol–water partition coefficient (Wildman–Crippen LogP) is 2.42. The van der Waals surface area contributed by atoms with Crippen molar-refractivity contribution in [2.45, 2.75) is 26.0 Å². The molecule has 0 aliphatic heterocycles. The van der Waals surface area contributed by atoms with Gasteiger partial charge in [-0.1, -0.05) is 25.4 Å². The van der Waals surface area contributed by atoms with E-state index in [0.717, 1.165) is 4.88 Å². The first-order valence-electron chi connectivity index (χ1n) is 4.21. The smallest absolute Gasteiger partial charge is 0.0931 e. The van der Waals surface area contributed by atoms with Gasteiger partial charge in [0.2, 0.25) is 0 Å². The zero-order valence-corrected chi connectivity index (χ0v) is 9.27. The highest BCUT2D eigenvalue weighted by atomic mass is 35.5. The molecule has 74 valence electrons. The second-order valence-electron chi connectivity index (χ2n) is 3.40. The molecule has 0 saturated heterocycles. The van der Waals surface area contributed by atoms with Crippen molar-refractivity contribution >= 4 is 22.9 Å². The molecule has 0 unspecified atom stereocenters. The molecule has 2 atom stereocenters. The second kappa shape index (κ2) is 4.42. The number of nitrogens with two attached hydrogens (primary N) is 1. The van der Waals surface area contributed by atoms with Crippen molar-refractivity contribution in [3.63, 3.8) is 0 Å². The number of thiophene rings is 1. The Morgan fingerprint density at radius 3 is 2.46 bits per heavy atom. The standard InChI is InChI=1S/C9H14ClNOS/c1-5(2)9(12)8(11)6-3-4-7(10)13-6/h3-5,8-9,12H,11H2,1-2H3/t8-,9+/m0/s1. The number of aliphatic hydroxyl groups is 1. The quantitative estimate of drug-likeness (QED) is 0.820. The molecule has 4 heteroatoms. The van der Waals surface area contributed by atoms with E-state index in [0.29, 0.717) is 4.34 Å². The van der Waals surface area contributed by atoms with Gasteiger partial charge < -0.3 is 10.8 Å². The van der Waals surface area contributed by atoms with E-state index < -0.39 is 6.10 Å². The minimum absolute atomic E-state index is 0.163. The summed E-state index contributed by atoms with van der Waals surface area (Å²) in [6, 6.07) is 3.34. The predicted molar refractivity (Wildman–Crippen MR) is 57.1 cm³/mol. The Hall–Kier alpha value is -0.0900. The molecule has 0 bridgehead atoms. The first-order chi connectivity index (χ1) is 6.02. The van der Waals surface area contributed by atoms with Gasteiger partial charge in [-0.2, -0.15) is 0 Å². The van der Waals surface area contributed by atoms with Crippen LogP contribution in [-0.4, -0.2) is 11.2 Å². The van der Waals surface area contributed by atoms with Crippen molar-refractivity contribution < 1.29 is 5.11 Å². The van der Waals surface area contributed by atoms with Gasteiger partial charge in [0.05, 0.1) is 16.5 Å². The average Bonchev–Trinajstić information content (AvgIpc) is 2.49. The van der Waals surface area contributed by atoms with Crippen LogP contribution in [0.25, 0.3) is 0 Å². The van der Waals surface area contributed by atoms with E-state index in [4.69, 9.17) is 17.3 Å². The molecule has 0 aromatic carbocycles. The summed E-state index contributed by atoms with van der Waals surface area (Å²) in [5.74, 6) is 0.163. The van der Waals surface area contributed by atoms with Crippen molar-refractivity contribution in [1.82, 2.24) is 0 Å². The molecule has 0 radical (unpaired) electrons. The van der Waals surface area contributed by atoms with E-state index in [2.05, 4.69) is 0 Å². The van der Waals surface area contributed by atoms with E-state index in [1.807, 2.05) is 19.9 Å². The molecule has 0 aliphatic carbocycles. The highest BCUT2D eigenvalue weighted by molar-refractivity contribution is 7.16. The van der Waals surface area contributed by atoms with Crippen LogP contribution >= 0.6 is 22.9 Å². The van der Waals surface area contributed by atoms with E-state index >= 15 is 0 Å². The van der Waals surface area contributed by atoms with Gasteiger partial charge in [0, 0.05) is 4.88 Å². The van der Waals surface area contributed by atoms with Crippen LogP contribution in [0, 0.1) is 5.92 Å². The van der Waals surface area contributed by atoms with Crippen molar-refractivity contribution in [2.24, 2.45) is 11.7 Å². The minimum Gasteiger partial charge on any atom is -0.391 e. The van der Waals surface area contributed by atoms with Gasteiger partial charge in [0.1, 0.15) is 0 Å². The molecule has 3 N–H and O–H groups in total. The van der Waals surface area contributed by atoms with Gasteiger partial charge in [-0.25, -0.2) is 0 Å². The highest BCUT2D eigenvalue weighted by Crippen LogP contribution is 2.29. The average molecular weight is 220 g/mol. The van der Waals surface area contributed by atoms with Gasteiger partial charge in [0.15, 0.2) is 0 Å². The number of hydrogen-bond acceptors (Lipinski definition) is 3. The Morgan fingerprint density at radius 2 is 2.08 bits per heavy atom. The molecule has 13 heavy (non-hydrogen) atoms. The fraction of sp³-hybridized carbons (Fsp3) is 0.556. The molecule has 0 amide bonds. The third-order valence-corrected chi connectivity index (χ3v) is 3.31. The Morgan fingerprint density at radius 1 is 1.46 bits per heavy atom. The Labute approximate surface area is 87.3 Å². The molecule has 1 heterocycles. The molecular formula is C9H14ClNOS. The molecule has 0 saturated carbocycles. The molecule has 0 aliphatic rings. The van der Waals surface area contributed by atoms with Gasteiger partial charge in [-0.05, 0) is 18.1 Å². The van der Waals surface area contributed by atoms with Crippen molar-refractivity contribution in [1.29, 1.82) is 0 Å². The van der Waals surface area contributed by atoms with Crippen molar-refractivity contribution in [2.75, 3.05) is 0 Å². The van der Waals surface area contributed by atoms with E-state index in [1.54, 1.807) is 6.07 Å². The van der Waals surface area contributed by atoms with Crippen LogP contribution in [0.3, 0.4) is 0 Å². The lowest BCUT2D eigenvalue weighted by molar-refractivity contribution is 0.0991. The lowest BCUT2D eigenvalue weighted by Gasteiger charge is -2.20. The summed E-state index contributed by atoms with van der Waals surface area (Å²) in [5, 5.41) is 9.70. The number of rotatable bonds is 3. The Bertz CT molecular complexity index is 274. The minimum atomic E-state index is -0.505. The topological polar surface area (TPSA) is 46.2 Å². The fourth-order valence-corrected chi connectivity index (χ4v) is 2.19. The summed E-state index contributed by atoms with van der Waals surface area (Å²) in [5.41, 5.74) is 5.85. The molecule has 0 spiro atoms. The number of halogens is 1. The fourth-order valence-electron chi connectivity index (χ4n) is 1.09. The molecule has 0 fully saturated rings. The van der Waals surface area contributed by atoms with E-state index in [1.165, 1.54) is 11.3 Å². The van der Waals surface area contributed by atoms with Crippen LogP contribution < -0.4 is 5.73 Å². The van der Waals surface area contributed by atoms with Gasteiger partial charge in [-0.3, -0.25) is 0 Å². The Kier molecular flexibility index (Phi) is 3.74. The largest absolute Gasteiger partial charge is 0.391 e. The van der Waals surface area contributed by atoms with Crippen LogP contribution in [-0.2, 0) is 0 Å². The number of aliphatic hydroxyl groups excluding tert-OH is 1. The van der Waals surface area contributed by atoms with Crippen LogP contribution in [0.1, 0.15) is 24.8 Å². The number of hydrogen-bond donors (Lipinski definition) is 2. The third-order valence-electron chi connectivity index (χ3n) is 1.97. The molecule has 1 aromatic heterocycles. The Balaban J connectivity index is 2.73. The molecule has 2 nitrogen and oxygen atoms in total. The van der Waals surface area contributed by atoms with Gasteiger partial charge in [-0.15, -0.1) is 11.3 Å². The maximum atomic E-state index is 9.70. The summed E-state index contributed by atoms with van der Waals surface area (Å²) in [6.45, 7) is 3.89. The summed E-state index contributed by atoms with van der Waals surface area (Å²) in [4.78, 5) is 0.936. The van der Waals surface area contributed by atoms with Crippen LogP contribution in [0.2, 0.25) is 4.34 Å². The zero-order chi connectivity index (χ0) is 10.0. The zero-order valence-electron chi connectivity index (χ0n) is 7.70. The summed E-state index contributed by atoms with van der Waals surface area (Å²) in [6.07, 6.45) is -0.505. The van der Waals surface area contributed by atoms with Gasteiger partial charge in [0.25, 0.3) is 0 Å². The molecule has 1 rings (SSSR count). The van der Waals surface area contributed by atoms with Gasteiger partial charge >= 0.3 is 0 Å². The summed E-state index contributed by atoms with van der Waals surface area (Å²) in [7, 11) is 0. The van der Waals surface area contributed by atoms with Crippen LogP contribution in [0.4, 0.5) is 0 Å². The lowest BCUT2D eigenvalue weighted by Crippen LogP contribution is -2.29. The molecular weight excluding hydrogens is 206 g/mol. The van der Waals surface area contributed by atoms with E-state index in [9.17, 15) is 5.11 Å². The molecule has 1 aromatic rings. The van der Waals surface area contributed by atoms with Crippen molar-refractivity contribution in [3.8, 4) is 0 Å².